The van der Waals surface area contributed by atoms with E-state index >= 15 is 0 Å². The van der Waals surface area contributed by atoms with Crippen LogP contribution in [0, 0.1) is 0 Å². The summed E-state index contributed by atoms with van der Waals surface area (Å²) in [6.07, 6.45) is 6.24. The third-order valence-corrected chi connectivity index (χ3v) is 5.36. The molecule has 4 rings (SSSR count). The van der Waals surface area contributed by atoms with Crippen LogP contribution >= 0.6 is 0 Å². The maximum absolute atomic E-state index is 11.9. The van der Waals surface area contributed by atoms with E-state index in [1.165, 1.54) is 12.8 Å². The Bertz CT molecular complexity index is 914. The lowest BCUT2D eigenvalue weighted by atomic mass is 9.91. The van der Waals surface area contributed by atoms with Gasteiger partial charge in [-0.05, 0) is 49.2 Å². The van der Waals surface area contributed by atoms with E-state index in [9.17, 15) is 4.79 Å². The molecule has 0 spiro atoms. The number of hydrazone groups is 1. The number of anilines is 4. The van der Waals surface area contributed by atoms with Gasteiger partial charge in [-0.15, -0.1) is 0 Å². The van der Waals surface area contributed by atoms with E-state index in [-0.39, 0.29) is 12.1 Å². The Morgan fingerprint density at radius 2 is 2.00 bits per heavy atom. The molecule has 2 atom stereocenters. The minimum atomic E-state index is -0.476. The molecule has 1 aliphatic carbocycles. The van der Waals surface area contributed by atoms with Crippen LogP contribution in [0.4, 0.5) is 22.7 Å². The van der Waals surface area contributed by atoms with Crippen molar-refractivity contribution in [3.63, 3.8) is 0 Å². The van der Waals surface area contributed by atoms with Crippen molar-refractivity contribution in [2.24, 2.45) is 16.6 Å². The van der Waals surface area contributed by atoms with Gasteiger partial charge in [0.25, 0.3) is 5.91 Å². The van der Waals surface area contributed by atoms with Crippen LogP contribution in [0.1, 0.15) is 36.0 Å². The number of rotatable bonds is 6. The van der Waals surface area contributed by atoms with Gasteiger partial charge in [-0.1, -0.05) is 18.9 Å². The number of benzene rings is 2. The Balaban J connectivity index is 1.57. The first-order chi connectivity index (χ1) is 14.1. The number of hydrogen-bond acceptors (Lipinski definition) is 7. The van der Waals surface area contributed by atoms with E-state index in [4.69, 9.17) is 11.5 Å². The fraction of sp³-hybridized carbons (Fsp3) is 0.333. The van der Waals surface area contributed by atoms with Gasteiger partial charge >= 0.3 is 0 Å². The Morgan fingerprint density at radius 1 is 1.14 bits per heavy atom. The number of hydrazine groups is 1. The lowest BCUT2D eigenvalue weighted by Crippen LogP contribution is -2.42. The van der Waals surface area contributed by atoms with Crippen molar-refractivity contribution in [1.29, 1.82) is 0 Å². The molecule has 1 fully saturated rings. The summed E-state index contributed by atoms with van der Waals surface area (Å²) in [6.45, 7) is 0.695. The molecule has 2 aromatic carbocycles. The number of carbonyl (C=O) groups is 1. The number of nitrogens with zero attached hydrogens (tertiary/aromatic N) is 2. The molecule has 7 N–H and O–H groups in total. The van der Waals surface area contributed by atoms with E-state index in [0.717, 1.165) is 29.9 Å². The summed E-state index contributed by atoms with van der Waals surface area (Å²) in [7, 11) is 0. The summed E-state index contributed by atoms with van der Waals surface area (Å²) in [4.78, 5) is 11.9. The zero-order valence-corrected chi connectivity index (χ0v) is 16.3. The second kappa shape index (κ2) is 8.50. The molecule has 0 radical (unpaired) electrons. The molecule has 8 heteroatoms. The molecule has 29 heavy (non-hydrogen) atoms. The van der Waals surface area contributed by atoms with Crippen molar-refractivity contribution in [3.8, 4) is 0 Å². The summed E-state index contributed by atoms with van der Waals surface area (Å²) in [5.41, 5.74) is 18.7. The van der Waals surface area contributed by atoms with Crippen molar-refractivity contribution in [1.82, 2.24) is 5.43 Å². The maximum Gasteiger partial charge on any atom is 0.250 e. The highest BCUT2D eigenvalue weighted by molar-refractivity contribution is 6.00. The van der Waals surface area contributed by atoms with Crippen molar-refractivity contribution < 1.29 is 4.79 Å². The molecule has 8 nitrogen and oxygen atoms in total. The predicted octanol–water partition coefficient (Wildman–Crippen LogP) is 2.52. The first-order valence-corrected chi connectivity index (χ1v) is 9.99. The van der Waals surface area contributed by atoms with E-state index in [1.54, 1.807) is 17.4 Å². The first-order valence-electron chi connectivity index (χ1n) is 9.99. The molecule has 1 heterocycles. The van der Waals surface area contributed by atoms with Crippen LogP contribution < -0.4 is 32.6 Å². The predicted molar refractivity (Wildman–Crippen MR) is 118 cm³/mol. The molecule has 1 aliphatic heterocycles. The third-order valence-electron chi connectivity index (χ3n) is 5.36. The van der Waals surface area contributed by atoms with E-state index < -0.39 is 5.91 Å². The van der Waals surface area contributed by atoms with Crippen LogP contribution in [0.2, 0.25) is 0 Å². The Hall–Kier alpha value is -3.10. The fourth-order valence-electron chi connectivity index (χ4n) is 3.82. The second-order valence-electron chi connectivity index (χ2n) is 7.47. The van der Waals surface area contributed by atoms with E-state index in [0.29, 0.717) is 17.8 Å². The summed E-state index contributed by atoms with van der Waals surface area (Å²) in [6, 6.07) is 13.7. The van der Waals surface area contributed by atoms with Gasteiger partial charge in [-0.25, -0.2) is 5.43 Å². The molecule has 152 valence electrons. The molecule has 2 aromatic rings. The van der Waals surface area contributed by atoms with Gasteiger partial charge in [0.2, 0.25) is 0 Å². The van der Waals surface area contributed by atoms with Crippen LogP contribution in [0.3, 0.4) is 0 Å². The van der Waals surface area contributed by atoms with Gasteiger partial charge in [0.15, 0.2) is 0 Å². The number of amides is 1. The lowest BCUT2D eigenvalue weighted by Gasteiger charge is -2.30. The average Bonchev–Trinajstić information content (AvgIpc) is 3.25. The molecular weight excluding hydrogens is 366 g/mol. The average molecular weight is 393 g/mol. The summed E-state index contributed by atoms with van der Waals surface area (Å²) in [5.74, 6) is -0.476. The molecular formula is C21H27N7O. The van der Waals surface area contributed by atoms with Gasteiger partial charge in [0, 0.05) is 29.7 Å². The zero-order chi connectivity index (χ0) is 20.2. The lowest BCUT2D eigenvalue weighted by molar-refractivity contribution is 0.100. The number of primary amides is 1. The number of nitrogens with one attached hydrogen (secondary N) is 3. The smallest absolute Gasteiger partial charge is 0.250 e. The van der Waals surface area contributed by atoms with Gasteiger partial charge in [-0.2, -0.15) is 10.2 Å². The third kappa shape index (κ3) is 4.49. The van der Waals surface area contributed by atoms with Crippen LogP contribution in [0.25, 0.3) is 0 Å². The van der Waals surface area contributed by atoms with Gasteiger partial charge in [-0.3, -0.25) is 4.79 Å². The largest absolute Gasteiger partial charge is 0.381 e. The normalized spacial score (nSPS) is 21.2. The Labute approximate surface area is 170 Å². The summed E-state index contributed by atoms with van der Waals surface area (Å²) < 4.78 is 0. The Kier molecular flexibility index (Phi) is 5.64. The Morgan fingerprint density at radius 3 is 2.76 bits per heavy atom. The molecule has 0 aromatic heterocycles. The molecule has 0 unspecified atom stereocenters. The van der Waals surface area contributed by atoms with Crippen LogP contribution in [-0.4, -0.2) is 30.8 Å². The standard InChI is InChI=1S/C21H27N7O/c22-18-6-1-2-7-19(18)26-15-8-9-17(21(23)29)20(13-15)27-14-4-3-5-16(12-14)28-24-10-11-25-28/h3-5,8-10,12-13,18-19,25-27H,1-2,6-7,11,22H2,(H2,23,29)/t18-,19+/m0/s1. The SMILES string of the molecule is NC(=O)c1ccc(N[C@@H]2CCCC[C@@H]2N)cc1Nc1cccc(N2N=CCN2)c1. The van der Waals surface area contributed by atoms with E-state index in [2.05, 4.69) is 21.2 Å². The zero-order valence-electron chi connectivity index (χ0n) is 16.3. The van der Waals surface area contributed by atoms with Crippen molar-refractivity contribution in [3.05, 3.63) is 48.0 Å². The van der Waals surface area contributed by atoms with Gasteiger partial charge in [0.05, 0.1) is 23.5 Å². The van der Waals surface area contributed by atoms with Crippen molar-refractivity contribution in [2.75, 3.05) is 22.3 Å². The minimum absolute atomic E-state index is 0.140. The van der Waals surface area contributed by atoms with Crippen LogP contribution in [0.15, 0.2) is 47.6 Å². The highest BCUT2D eigenvalue weighted by atomic mass is 16.1. The molecule has 2 aliphatic rings. The quantitative estimate of drug-likeness (QED) is 0.514. The first kappa shape index (κ1) is 19.2. The second-order valence-corrected chi connectivity index (χ2v) is 7.47. The number of hydrogen-bond donors (Lipinski definition) is 5. The highest BCUT2D eigenvalue weighted by Gasteiger charge is 2.22. The van der Waals surface area contributed by atoms with Crippen molar-refractivity contribution >= 4 is 34.9 Å². The minimum Gasteiger partial charge on any atom is -0.381 e. The van der Waals surface area contributed by atoms with Crippen LogP contribution in [-0.2, 0) is 0 Å². The highest BCUT2D eigenvalue weighted by Crippen LogP contribution is 2.29. The number of carbonyl (C=O) groups excluding carboxylic acids is 1. The fourth-order valence-corrected chi connectivity index (χ4v) is 3.82. The summed E-state index contributed by atoms with van der Waals surface area (Å²) in [5, 5.41) is 12.8. The van der Waals surface area contributed by atoms with Gasteiger partial charge < -0.3 is 22.1 Å². The topological polar surface area (TPSA) is 121 Å². The molecule has 1 amide bonds. The van der Waals surface area contributed by atoms with Crippen LogP contribution in [0.5, 0.6) is 0 Å². The maximum atomic E-state index is 11.9. The van der Waals surface area contributed by atoms with E-state index in [1.807, 2.05) is 36.4 Å². The molecule has 0 bridgehead atoms. The summed E-state index contributed by atoms with van der Waals surface area (Å²) >= 11 is 0. The molecule has 1 saturated carbocycles. The molecule has 0 saturated heterocycles. The monoisotopic (exact) mass is 393 g/mol. The van der Waals surface area contributed by atoms with Crippen molar-refractivity contribution in [2.45, 2.75) is 37.8 Å². The van der Waals surface area contributed by atoms with Gasteiger partial charge in [0.1, 0.15) is 0 Å². The number of nitrogens with two attached hydrogens (primary N) is 2.